The van der Waals surface area contributed by atoms with Crippen molar-refractivity contribution in [3.05, 3.63) is 47.0 Å². The number of carbonyl (C=O) groups excluding carboxylic acids is 1. The molecule has 0 bridgehead atoms. The maximum Gasteiger partial charge on any atom is 0.314 e. The predicted molar refractivity (Wildman–Crippen MR) is 69.0 cm³/mol. The van der Waals surface area contributed by atoms with Gasteiger partial charge in [-0.15, -0.1) is 0 Å². The first-order chi connectivity index (χ1) is 9.02. The first-order valence-corrected chi connectivity index (χ1v) is 5.99. The van der Waals surface area contributed by atoms with E-state index in [4.69, 9.17) is 11.6 Å². The highest BCUT2D eigenvalue weighted by Crippen LogP contribution is 2.20. The zero-order valence-corrected chi connectivity index (χ0v) is 11.2. The molecule has 1 aromatic carbocycles. The predicted octanol–water partition coefficient (Wildman–Crippen LogP) is 2.94. The van der Waals surface area contributed by atoms with Crippen LogP contribution in [-0.2, 0) is 9.53 Å². The molecule has 1 atom stereocenters. The van der Waals surface area contributed by atoms with Crippen molar-refractivity contribution >= 4 is 17.6 Å². The number of carbonyl (C=O) groups is 1. The summed E-state index contributed by atoms with van der Waals surface area (Å²) < 4.78 is 19.3. The van der Waals surface area contributed by atoms with E-state index in [0.717, 1.165) is 0 Å². The van der Waals surface area contributed by atoms with Crippen molar-refractivity contribution in [2.45, 2.75) is 12.8 Å². The first-order valence-electron chi connectivity index (χ1n) is 5.61. The fourth-order valence-electron chi connectivity index (χ4n) is 1.64. The van der Waals surface area contributed by atoms with E-state index in [1.54, 1.807) is 25.3 Å². The molecule has 6 heteroatoms. The molecule has 0 aliphatic rings. The number of nitrogens with zero attached hydrogens (tertiary/aromatic N) is 2. The van der Waals surface area contributed by atoms with E-state index in [9.17, 15) is 9.18 Å². The number of ether oxygens (including phenoxy) is 1. The van der Waals surface area contributed by atoms with Crippen LogP contribution in [0.5, 0.6) is 0 Å². The highest BCUT2D eigenvalue weighted by atomic mass is 35.5. The number of rotatable bonds is 3. The summed E-state index contributed by atoms with van der Waals surface area (Å²) in [4.78, 5) is 11.4. The molecular weight excluding hydrogens is 271 g/mol. The first kappa shape index (κ1) is 13.5. The largest absolute Gasteiger partial charge is 0.469 e. The Labute approximate surface area is 114 Å². The van der Waals surface area contributed by atoms with Gasteiger partial charge in [0.1, 0.15) is 5.82 Å². The van der Waals surface area contributed by atoms with Gasteiger partial charge in [-0.2, -0.15) is 5.10 Å². The second-order valence-corrected chi connectivity index (χ2v) is 4.44. The second kappa shape index (κ2) is 5.40. The molecule has 1 aromatic heterocycles. The molecule has 0 N–H and O–H groups in total. The highest BCUT2D eigenvalue weighted by Gasteiger charge is 2.18. The molecular formula is C13H12ClFN2O2. The molecule has 100 valence electrons. The quantitative estimate of drug-likeness (QED) is 0.813. The Hall–Kier alpha value is -1.88. The lowest BCUT2D eigenvalue weighted by atomic mass is 10.1. The van der Waals surface area contributed by atoms with Crippen LogP contribution in [0.25, 0.3) is 5.69 Å². The molecule has 1 heterocycles. The maximum absolute atomic E-state index is 13.1. The van der Waals surface area contributed by atoms with Gasteiger partial charge < -0.3 is 4.74 Å². The zero-order chi connectivity index (χ0) is 14.0. The minimum absolute atomic E-state index is 0.0237. The van der Waals surface area contributed by atoms with Crippen LogP contribution in [0.2, 0.25) is 5.02 Å². The Balaban J connectivity index is 2.30. The third kappa shape index (κ3) is 2.76. The summed E-state index contributed by atoms with van der Waals surface area (Å²) in [5.41, 5.74) is 1.20. The lowest BCUT2D eigenvalue weighted by Crippen LogP contribution is -2.11. The van der Waals surface area contributed by atoms with Gasteiger partial charge in [-0.3, -0.25) is 4.79 Å². The van der Waals surface area contributed by atoms with E-state index < -0.39 is 11.7 Å². The number of halogens is 2. The molecule has 0 amide bonds. The monoisotopic (exact) mass is 282 g/mol. The van der Waals surface area contributed by atoms with Crippen molar-refractivity contribution < 1.29 is 13.9 Å². The summed E-state index contributed by atoms with van der Waals surface area (Å²) in [5.74, 6) is -1.30. The number of hydrogen-bond donors (Lipinski definition) is 0. The summed E-state index contributed by atoms with van der Waals surface area (Å²) in [6, 6.07) is 6.00. The fourth-order valence-corrected chi connectivity index (χ4v) is 1.81. The number of hydrogen-bond acceptors (Lipinski definition) is 3. The standard InChI is InChI=1S/C13H12ClFN2O2/c1-8(13(18)19-2)12-5-6-17(16-12)9-3-4-11(15)10(14)7-9/h3-8H,1-2H3. The number of benzene rings is 1. The van der Waals surface area contributed by atoms with Crippen LogP contribution in [0.15, 0.2) is 30.5 Å². The Bertz CT molecular complexity index is 612. The molecule has 4 nitrogen and oxygen atoms in total. The summed E-state index contributed by atoms with van der Waals surface area (Å²) >= 11 is 5.72. The SMILES string of the molecule is COC(=O)C(C)c1ccn(-c2ccc(F)c(Cl)c2)n1. The minimum atomic E-state index is -0.485. The number of aromatic nitrogens is 2. The van der Waals surface area contributed by atoms with Crippen molar-refractivity contribution in [2.24, 2.45) is 0 Å². The fraction of sp³-hybridized carbons (Fsp3) is 0.231. The van der Waals surface area contributed by atoms with E-state index in [1.165, 1.54) is 23.9 Å². The summed E-state index contributed by atoms with van der Waals surface area (Å²) in [6.45, 7) is 1.70. The molecule has 2 rings (SSSR count). The molecule has 0 aliphatic carbocycles. The second-order valence-electron chi connectivity index (χ2n) is 4.03. The van der Waals surface area contributed by atoms with Gasteiger partial charge in [-0.1, -0.05) is 11.6 Å². The molecule has 0 saturated carbocycles. The highest BCUT2D eigenvalue weighted by molar-refractivity contribution is 6.30. The third-order valence-electron chi connectivity index (χ3n) is 2.78. The van der Waals surface area contributed by atoms with E-state index in [1.807, 2.05) is 0 Å². The minimum Gasteiger partial charge on any atom is -0.469 e. The number of methoxy groups -OCH3 is 1. The van der Waals surface area contributed by atoms with E-state index in [0.29, 0.717) is 11.4 Å². The topological polar surface area (TPSA) is 44.1 Å². The van der Waals surface area contributed by atoms with Gasteiger partial charge in [0.2, 0.25) is 0 Å². The lowest BCUT2D eigenvalue weighted by molar-refractivity contribution is -0.142. The van der Waals surface area contributed by atoms with Crippen molar-refractivity contribution in [3.63, 3.8) is 0 Å². The Morgan fingerprint density at radius 2 is 2.21 bits per heavy atom. The van der Waals surface area contributed by atoms with E-state index >= 15 is 0 Å². The third-order valence-corrected chi connectivity index (χ3v) is 3.07. The van der Waals surface area contributed by atoms with Crippen molar-refractivity contribution in [3.8, 4) is 5.69 Å². The average Bonchev–Trinajstić information content (AvgIpc) is 2.89. The Morgan fingerprint density at radius 3 is 2.84 bits per heavy atom. The molecule has 1 unspecified atom stereocenters. The molecule has 2 aromatic rings. The van der Waals surface area contributed by atoms with Crippen LogP contribution < -0.4 is 0 Å². The van der Waals surface area contributed by atoms with E-state index in [2.05, 4.69) is 9.84 Å². The molecule has 0 spiro atoms. The average molecular weight is 283 g/mol. The normalized spacial score (nSPS) is 12.2. The van der Waals surface area contributed by atoms with Crippen LogP contribution in [0.1, 0.15) is 18.5 Å². The Kier molecular flexibility index (Phi) is 3.85. The van der Waals surface area contributed by atoms with Crippen molar-refractivity contribution in [1.29, 1.82) is 0 Å². The van der Waals surface area contributed by atoms with Gasteiger partial charge in [0.25, 0.3) is 0 Å². The zero-order valence-electron chi connectivity index (χ0n) is 10.4. The van der Waals surface area contributed by atoms with Gasteiger partial charge in [-0.05, 0) is 31.2 Å². The van der Waals surface area contributed by atoms with Crippen LogP contribution in [0, 0.1) is 5.82 Å². The maximum atomic E-state index is 13.1. The summed E-state index contributed by atoms with van der Waals surface area (Å²) in [6.07, 6.45) is 1.68. The molecule has 0 radical (unpaired) electrons. The van der Waals surface area contributed by atoms with E-state index in [-0.39, 0.29) is 11.0 Å². The molecule has 0 saturated heterocycles. The smallest absolute Gasteiger partial charge is 0.314 e. The van der Waals surface area contributed by atoms with Crippen LogP contribution in [-0.4, -0.2) is 22.9 Å². The van der Waals surface area contributed by atoms with Gasteiger partial charge in [0.05, 0.1) is 29.4 Å². The molecule has 0 aliphatic heterocycles. The van der Waals surface area contributed by atoms with Gasteiger partial charge >= 0.3 is 5.97 Å². The number of esters is 1. The van der Waals surface area contributed by atoms with Crippen molar-refractivity contribution in [2.75, 3.05) is 7.11 Å². The molecule has 0 fully saturated rings. The van der Waals surface area contributed by atoms with Gasteiger partial charge in [0, 0.05) is 6.20 Å². The van der Waals surface area contributed by atoms with Crippen molar-refractivity contribution in [1.82, 2.24) is 9.78 Å². The van der Waals surface area contributed by atoms with Crippen LogP contribution in [0.4, 0.5) is 4.39 Å². The summed E-state index contributed by atoms with van der Waals surface area (Å²) in [5, 5.41) is 4.28. The summed E-state index contributed by atoms with van der Waals surface area (Å²) in [7, 11) is 1.33. The van der Waals surface area contributed by atoms with Gasteiger partial charge in [-0.25, -0.2) is 9.07 Å². The Morgan fingerprint density at radius 1 is 1.47 bits per heavy atom. The lowest BCUT2D eigenvalue weighted by Gasteiger charge is -2.06. The van der Waals surface area contributed by atoms with Crippen LogP contribution >= 0.6 is 11.6 Å². The van der Waals surface area contributed by atoms with Gasteiger partial charge in [0.15, 0.2) is 0 Å². The van der Waals surface area contributed by atoms with Crippen LogP contribution in [0.3, 0.4) is 0 Å². The molecule has 19 heavy (non-hydrogen) atoms.